The molecule has 5 nitrogen and oxygen atoms in total. The molecule has 1 amide bonds. The highest BCUT2D eigenvalue weighted by Crippen LogP contribution is 2.24. The van der Waals surface area contributed by atoms with E-state index in [-0.39, 0.29) is 11.7 Å². The van der Waals surface area contributed by atoms with Gasteiger partial charge in [-0.25, -0.2) is 0 Å². The van der Waals surface area contributed by atoms with Crippen molar-refractivity contribution in [2.45, 2.75) is 12.1 Å². The number of rotatable bonds is 5. The van der Waals surface area contributed by atoms with E-state index in [1.54, 1.807) is 12.1 Å². The fourth-order valence-corrected chi connectivity index (χ4v) is 3.11. The van der Waals surface area contributed by atoms with Crippen molar-refractivity contribution in [3.05, 3.63) is 56.6 Å². The van der Waals surface area contributed by atoms with Gasteiger partial charge in [0, 0.05) is 19.8 Å². The quantitative estimate of drug-likeness (QED) is 0.405. The van der Waals surface area contributed by atoms with E-state index < -0.39 is 0 Å². The Morgan fingerprint density at radius 2 is 2.00 bits per heavy atom. The minimum atomic E-state index is -0.163. The van der Waals surface area contributed by atoms with Crippen LogP contribution in [0.25, 0.3) is 11.5 Å². The van der Waals surface area contributed by atoms with Gasteiger partial charge < -0.3 is 9.73 Å². The lowest BCUT2D eigenvalue weighted by Gasteiger charge is -2.07. The third-order valence-corrected chi connectivity index (χ3v) is 5.07. The minimum Gasteiger partial charge on any atom is -0.411 e. The number of carbonyl (C=O) groups excluding carboxylic acids is 1. The average Bonchev–Trinajstić information content (AvgIpc) is 3.06. The first kappa shape index (κ1) is 18.2. The topological polar surface area (TPSA) is 68.0 Å². The lowest BCUT2D eigenvalue weighted by molar-refractivity contribution is -0.113. The van der Waals surface area contributed by atoms with Crippen LogP contribution in [0.15, 0.2) is 52.1 Å². The average molecular weight is 486 g/mol. The van der Waals surface area contributed by atoms with E-state index in [2.05, 4.69) is 38.1 Å². The number of nitrogens with one attached hydrogen (secondary N) is 1. The molecule has 25 heavy (non-hydrogen) atoms. The van der Waals surface area contributed by atoms with Crippen molar-refractivity contribution in [1.82, 2.24) is 10.2 Å². The second-order valence-corrected chi connectivity index (χ2v) is 7.78. The highest BCUT2D eigenvalue weighted by atomic mass is 127. The molecule has 3 aromatic rings. The fraction of sp³-hybridized carbons (Fsp3) is 0.118. The van der Waals surface area contributed by atoms with Gasteiger partial charge in [0.05, 0.1) is 5.75 Å². The predicted molar refractivity (Wildman–Crippen MR) is 108 cm³/mol. The monoisotopic (exact) mass is 485 g/mol. The number of anilines is 1. The summed E-state index contributed by atoms with van der Waals surface area (Å²) in [5.74, 6) is 0.440. The maximum atomic E-state index is 12.1. The number of hydrogen-bond acceptors (Lipinski definition) is 5. The highest BCUT2D eigenvalue weighted by molar-refractivity contribution is 14.1. The largest absolute Gasteiger partial charge is 0.411 e. The summed E-state index contributed by atoms with van der Waals surface area (Å²) in [7, 11) is 0. The Hall–Kier alpha value is -1.58. The van der Waals surface area contributed by atoms with Gasteiger partial charge in [-0.05, 0) is 71.5 Å². The van der Waals surface area contributed by atoms with E-state index in [1.165, 1.54) is 11.8 Å². The van der Waals surface area contributed by atoms with Gasteiger partial charge in [-0.2, -0.15) is 0 Å². The van der Waals surface area contributed by atoms with Crippen molar-refractivity contribution in [3.63, 3.8) is 0 Å². The van der Waals surface area contributed by atoms with Crippen molar-refractivity contribution in [3.8, 4) is 11.5 Å². The molecule has 8 heteroatoms. The Morgan fingerprint density at radius 1 is 1.24 bits per heavy atom. The molecule has 0 aliphatic rings. The van der Waals surface area contributed by atoms with Crippen molar-refractivity contribution in [2.24, 2.45) is 0 Å². The summed E-state index contributed by atoms with van der Waals surface area (Å²) in [5, 5.41) is 11.7. The van der Waals surface area contributed by atoms with Crippen LogP contribution in [-0.4, -0.2) is 21.9 Å². The Bertz CT molecular complexity index is 899. The molecule has 1 heterocycles. The van der Waals surface area contributed by atoms with Crippen LogP contribution in [0.2, 0.25) is 5.02 Å². The molecule has 3 rings (SSSR count). The van der Waals surface area contributed by atoms with Crippen LogP contribution >= 0.6 is 46.0 Å². The molecule has 1 aromatic heterocycles. The van der Waals surface area contributed by atoms with E-state index in [0.717, 1.165) is 14.7 Å². The molecule has 0 saturated carbocycles. The Labute approximate surface area is 167 Å². The molecule has 1 N–H and O–H groups in total. The third kappa shape index (κ3) is 4.96. The molecule has 0 atom stereocenters. The van der Waals surface area contributed by atoms with Crippen LogP contribution in [0.5, 0.6) is 0 Å². The second-order valence-electron chi connectivity index (χ2n) is 5.18. The molecule has 0 unspecified atom stereocenters. The molecule has 0 saturated heterocycles. The number of halogens is 2. The SMILES string of the molecule is Cc1ccc(Cl)cc1NC(=O)CSc1nnc(-c2ccc(I)cc2)o1. The van der Waals surface area contributed by atoms with Crippen molar-refractivity contribution in [1.29, 1.82) is 0 Å². The third-order valence-electron chi connectivity index (χ3n) is 3.30. The molecule has 0 spiro atoms. The van der Waals surface area contributed by atoms with Gasteiger partial charge in [0.25, 0.3) is 5.22 Å². The summed E-state index contributed by atoms with van der Waals surface area (Å²) >= 11 is 9.37. The van der Waals surface area contributed by atoms with Gasteiger partial charge in [0.2, 0.25) is 11.8 Å². The van der Waals surface area contributed by atoms with Crippen LogP contribution in [0.3, 0.4) is 0 Å². The van der Waals surface area contributed by atoms with Gasteiger partial charge in [0.15, 0.2) is 0 Å². The maximum absolute atomic E-state index is 12.1. The molecule has 0 bridgehead atoms. The smallest absolute Gasteiger partial charge is 0.277 e. The molecule has 128 valence electrons. The summed E-state index contributed by atoms with van der Waals surface area (Å²) in [4.78, 5) is 12.1. The first-order valence-electron chi connectivity index (χ1n) is 7.29. The number of aryl methyl sites for hydroxylation is 1. The standard InChI is InChI=1S/C17H13ClIN3O2S/c1-10-2-5-12(18)8-14(10)20-15(23)9-25-17-22-21-16(24-17)11-3-6-13(19)7-4-11/h2-8H,9H2,1H3,(H,20,23). The molecular weight excluding hydrogens is 473 g/mol. The zero-order chi connectivity index (χ0) is 17.8. The van der Waals surface area contributed by atoms with Gasteiger partial charge in [-0.15, -0.1) is 10.2 Å². The lowest BCUT2D eigenvalue weighted by atomic mass is 10.2. The summed E-state index contributed by atoms with van der Waals surface area (Å²) < 4.78 is 6.72. The van der Waals surface area contributed by atoms with Gasteiger partial charge in [-0.1, -0.05) is 29.4 Å². The second kappa shape index (κ2) is 8.20. The van der Waals surface area contributed by atoms with Gasteiger partial charge >= 0.3 is 0 Å². The van der Waals surface area contributed by atoms with Crippen molar-refractivity contribution < 1.29 is 9.21 Å². The van der Waals surface area contributed by atoms with Crippen LogP contribution in [0, 0.1) is 10.5 Å². The summed E-state index contributed by atoms with van der Waals surface area (Å²) in [5.41, 5.74) is 2.49. The van der Waals surface area contributed by atoms with E-state index in [0.29, 0.717) is 21.8 Å². The van der Waals surface area contributed by atoms with Crippen LogP contribution in [-0.2, 0) is 4.79 Å². The number of aromatic nitrogens is 2. The first-order valence-corrected chi connectivity index (χ1v) is 9.74. The Balaban J connectivity index is 1.59. The number of thioether (sulfide) groups is 1. The predicted octanol–water partition coefficient (Wildman–Crippen LogP) is 5.03. The molecule has 0 aliphatic carbocycles. The van der Waals surface area contributed by atoms with E-state index >= 15 is 0 Å². The summed E-state index contributed by atoms with van der Waals surface area (Å²) in [6, 6.07) is 13.1. The van der Waals surface area contributed by atoms with E-state index in [4.69, 9.17) is 16.0 Å². The number of carbonyl (C=O) groups is 1. The van der Waals surface area contributed by atoms with Crippen LogP contribution < -0.4 is 5.32 Å². The number of nitrogens with zero attached hydrogens (tertiary/aromatic N) is 2. The van der Waals surface area contributed by atoms with Gasteiger partial charge in [0.1, 0.15) is 0 Å². The summed E-state index contributed by atoms with van der Waals surface area (Å²) in [6.07, 6.45) is 0. The zero-order valence-electron chi connectivity index (χ0n) is 13.1. The van der Waals surface area contributed by atoms with Crippen molar-refractivity contribution in [2.75, 3.05) is 11.1 Å². The number of hydrogen-bond donors (Lipinski definition) is 1. The van der Waals surface area contributed by atoms with E-state index in [1.807, 2.05) is 37.3 Å². The molecular formula is C17H13ClIN3O2S. The van der Waals surface area contributed by atoms with Gasteiger partial charge in [-0.3, -0.25) is 4.79 Å². The lowest BCUT2D eigenvalue weighted by Crippen LogP contribution is -2.14. The molecule has 0 aliphatic heterocycles. The Morgan fingerprint density at radius 3 is 2.76 bits per heavy atom. The molecule has 0 fully saturated rings. The highest BCUT2D eigenvalue weighted by Gasteiger charge is 2.12. The molecule has 2 aromatic carbocycles. The minimum absolute atomic E-state index is 0.163. The summed E-state index contributed by atoms with van der Waals surface area (Å²) in [6.45, 7) is 1.91. The number of amides is 1. The first-order chi connectivity index (χ1) is 12.0. The number of benzene rings is 2. The van der Waals surface area contributed by atoms with Crippen molar-refractivity contribution >= 4 is 57.5 Å². The van der Waals surface area contributed by atoms with Crippen LogP contribution in [0.1, 0.15) is 5.56 Å². The fourth-order valence-electron chi connectivity index (χ4n) is 2.02. The Kier molecular flexibility index (Phi) is 5.98. The maximum Gasteiger partial charge on any atom is 0.277 e. The van der Waals surface area contributed by atoms with Crippen LogP contribution in [0.4, 0.5) is 5.69 Å². The zero-order valence-corrected chi connectivity index (χ0v) is 16.9. The normalized spacial score (nSPS) is 10.7. The molecule has 0 radical (unpaired) electrons. The van der Waals surface area contributed by atoms with E-state index in [9.17, 15) is 4.79 Å².